The second-order valence-corrected chi connectivity index (χ2v) is 4.13. The molecule has 0 N–H and O–H groups in total. The lowest BCUT2D eigenvalue weighted by atomic mass is 10.0. The highest BCUT2D eigenvalue weighted by Gasteiger charge is 2.15. The summed E-state index contributed by atoms with van der Waals surface area (Å²) in [4.78, 5) is 14.9. The van der Waals surface area contributed by atoms with Crippen LogP contribution in [0.5, 0.6) is 0 Å². The van der Waals surface area contributed by atoms with Gasteiger partial charge >= 0.3 is 0 Å². The summed E-state index contributed by atoms with van der Waals surface area (Å²) in [5, 5.41) is 11.0. The van der Waals surface area contributed by atoms with E-state index in [9.17, 15) is 10.1 Å². The zero-order valence-corrected chi connectivity index (χ0v) is 9.54. The van der Waals surface area contributed by atoms with Crippen LogP contribution in [0.4, 0.5) is 11.4 Å². The van der Waals surface area contributed by atoms with Gasteiger partial charge in [0.25, 0.3) is 5.69 Å². The molecule has 1 aliphatic heterocycles. The molecule has 0 aliphatic carbocycles. The minimum Gasteiger partial charge on any atom is -0.261 e. The van der Waals surface area contributed by atoms with Crippen molar-refractivity contribution in [2.45, 2.75) is 6.42 Å². The number of para-hydroxylation sites is 1. The molecule has 0 bridgehead atoms. The molecule has 18 heavy (non-hydrogen) atoms. The first-order valence-corrected chi connectivity index (χ1v) is 5.65. The molecule has 0 saturated heterocycles. The summed E-state index contributed by atoms with van der Waals surface area (Å²) in [6.45, 7) is 0. The normalized spacial score (nSPS) is 12.4. The van der Waals surface area contributed by atoms with Gasteiger partial charge in [0.15, 0.2) is 0 Å². The van der Waals surface area contributed by atoms with Crippen LogP contribution in [0.15, 0.2) is 47.5 Å². The van der Waals surface area contributed by atoms with Crippen molar-refractivity contribution in [1.82, 2.24) is 0 Å². The third kappa shape index (κ3) is 1.68. The molecule has 0 fully saturated rings. The van der Waals surface area contributed by atoms with Gasteiger partial charge < -0.3 is 0 Å². The number of hydrogen-bond acceptors (Lipinski definition) is 3. The highest BCUT2D eigenvalue weighted by Crippen LogP contribution is 2.33. The van der Waals surface area contributed by atoms with Crippen molar-refractivity contribution in [3.8, 4) is 11.1 Å². The van der Waals surface area contributed by atoms with Gasteiger partial charge in [-0.3, -0.25) is 15.1 Å². The van der Waals surface area contributed by atoms with E-state index in [1.54, 1.807) is 12.1 Å². The minimum atomic E-state index is -0.348. The molecule has 0 saturated carbocycles. The predicted molar refractivity (Wildman–Crippen MR) is 70.4 cm³/mol. The Balaban J connectivity index is 2.14. The Hall–Kier alpha value is -2.49. The maximum absolute atomic E-state index is 11.0. The fraction of sp³-hybridized carbons (Fsp3) is 0.0714. The van der Waals surface area contributed by atoms with E-state index in [0.717, 1.165) is 23.2 Å². The number of benzene rings is 2. The van der Waals surface area contributed by atoms with Crippen LogP contribution in [0.1, 0.15) is 5.56 Å². The Morgan fingerprint density at radius 1 is 1.17 bits per heavy atom. The van der Waals surface area contributed by atoms with Crippen molar-refractivity contribution in [3.05, 3.63) is 58.1 Å². The molecule has 4 nitrogen and oxygen atoms in total. The molecule has 0 unspecified atom stereocenters. The van der Waals surface area contributed by atoms with Gasteiger partial charge in [0, 0.05) is 18.7 Å². The molecule has 1 heterocycles. The van der Waals surface area contributed by atoms with E-state index in [2.05, 4.69) is 4.99 Å². The smallest absolute Gasteiger partial charge is 0.261 e. The molecule has 4 heteroatoms. The van der Waals surface area contributed by atoms with Crippen LogP contribution in [-0.4, -0.2) is 11.1 Å². The zero-order valence-electron chi connectivity index (χ0n) is 9.54. The number of rotatable bonds is 2. The summed E-state index contributed by atoms with van der Waals surface area (Å²) in [5.41, 5.74) is 3.73. The summed E-state index contributed by atoms with van der Waals surface area (Å²) < 4.78 is 0. The van der Waals surface area contributed by atoms with Crippen LogP contribution in [-0.2, 0) is 6.42 Å². The molecule has 1 aliphatic rings. The lowest BCUT2D eigenvalue weighted by Crippen LogP contribution is -1.92. The zero-order chi connectivity index (χ0) is 12.5. The average Bonchev–Trinajstić information content (AvgIpc) is 2.85. The molecule has 0 atom stereocenters. The fourth-order valence-electron chi connectivity index (χ4n) is 2.16. The van der Waals surface area contributed by atoms with Crippen molar-refractivity contribution in [3.63, 3.8) is 0 Å². The largest absolute Gasteiger partial charge is 0.277 e. The summed E-state index contributed by atoms with van der Waals surface area (Å²) >= 11 is 0. The van der Waals surface area contributed by atoms with Crippen molar-refractivity contribution in [2.24, 2.45) is 4.99 Å². The summed E-state index contributed by atoms with van der Waals surface area (Å²) in [5.74, 6) is 0. The lowest BCUT2D eigenvalue weighted by Gasteiger charge is -2.05. The van der Waals surface area contributed by atoms with E-state index in [0.29, 0.717) is 5.56 Å². The molecule has 3 rings (SSSR count). The standard InChI is InChI=1S/C14H10N2O2/c17-16(18)14-4-2-1-3-12(14)10-5-6-13-11(9-10)7-8-15-13/h1-6,8-9H,7H2. The van der Waals surface area contributed by atoms with E-state index in [4.69, 9.17) is 0 Å². The number of hydrogen-bond donors (Lipinski definition) is 0. The third-order valence-electron chi connectivity index (χ3n) is 3.03. The highest BCUT2D eigenvalue weighted by molar-refractivity contribution is 5.81. The van der Waals surface area contributed by atoms with E-state index in [1.165, 1.54) is 6.07 Å². The topological polar surface area (TPSA) is 55.5 Å². The van der Waals surface area contributed by atoms with Gasteiger partial charge in [-0.25, -0.2) is 0 Å². The van der Waals surface area contributed by atoms with Crippen LogP contribution in [0.25, 0.3) is 11.1 Å². The monoisotopic (exact) mass is 238 g/mol. The van der Waals surface area contributed by atoms with Gasteiger partial charge in [-0.2, -0.15) is 0 Å². The van der Waals surface area contributed by atoms with Crippen LogP contribution in [0.2, 0.25) is 0 Å². The quantitative estimate of drug-likeness (QED) is 0.593. The first-order valence-electron chi connectivity index (χ1n) is 5.65. The van der Waals surface area contributed by atoms with Gasteiger partial charge in [-0.15, -0.1) is 0 Å². The average molecular weight is 238 g/mol. The number of nitro benzene ring substituents is 1. The van der Waals surface area contributed by atoms with Gasteiger partial charge in [-0.1, -0.05) is 18.2 Å². The summed E-state index contributed by atoms with van der Waals surface area (Å²) in [7, 11) is 0. The Kier molecular flexibility index (Phi) is 2.41. The number of nitrogens with zero attached hydrogens (tertiary/aromatic N) is 2. The summed E-state index contributed by atoms with van der Waals surface area (Å²) in [6.07, 6.45) is 2.65. The van der Waals surface area contributed by atoms with Gasteiger partial charge in [0.1, 0.15) is 0 Å². The van der Waals surface area contributed by atoms with E-state index in [1.807, 2.05) is 30.5 Å². The van der Waals surface area contributed by atoms with E-state index >= 15 is 0 Å². The number of fused-ring (bicyclic) bond motifs is 1. The SMILES string of the molecule is O=[N+]([O-])c1ccccc1-c1ccc2c(c1)CC=N2. The summed E-state index contributed by atoms with van der Waals surface area (Å²) in [6, 6.07) is 12.6. The van der Waals surface area contributed by atoms with Crippen LogP contribution in [0.3, 0.4) is 0 Å². The molecule has 88 valence electrons. The lowest BCUT2D eigenvalue weighted by molar-refractivity contribution is -0.384. The van der Waals surface area contributed by atoms with E-state index < -0.39 is 0 Å². The van der Waals surface area contributed by atoms with Crippen LogP contribution < -0.4 is 0 Å². The van der Waals surface area contributed by atoms with Crippen molar-refractivity contribution < 1.29 is 4.92 Å². The fourth-order valence-corrected chi connectivity index (χ4v) is 2.16. The second kappa shape index (κ2) is 4.07. The third-order valence-corrected chi connectivity index (χ3v) is 3.03. The van der Waals surface area contributed by atoms with Crippen molar-refractivity contribution in [1.29, 1.82) is 0 Å². The molecular weight excluding hydrogens is 228 g/mol. The van der Waals surface area contributed by atoms with Gasteiger partial charge in [-0.05, 0) is 29.3 Å². The van der Waals surface area contributed by atoms with E-state index in [-0.39, 0.29) is 10.6 Å². The molecule has 0 amide bonds. The molecular formula is C14H10N2O2. The maximum Gasteiger partial charge on any atom is 0.277 e. The van der Waals surface area contributed by atoms with Crippen LogP contribution in [0, 0.1) is 10.1 Å². The van der Waals surface area contributed by atoms with Crippen molar-refractivity contribution >= 4 is 17.6 Å². The minimum absolute atomic E-state index is 0.136. The first kappa shape index (κ1) is 10.7. The predicted octanol–water partition coefficient (Wildman–Crippen LogP) is 3.52. The Morgan fingerprint density at radius 3 is 2.83 bits per heavy atom. The molecule has 0 radical (unpaired) electrons. The van der Waals surface area contributed by atoms with Crippen LogP contribution >= 0.6 is 0 Å². The Morgan fingerprint density at radius 2 is 2.00 bits per heavy atom. The molecule has 2 aromatic carbocycles. The first-order chi connectivity index (χ1) is 8.75. The molecule has 0 aromatic heterocycles. The molecule has 0 spiro atoms. The number of nitro groups is 1. The van der Waals surface area contributed by atoms with Gasteiger partial charge in [0.05, 0.1) is 16.2 Å². The van der Waals surface area contributed by atoms with Crippen molar-refractivity contribution in [2.75, 3.05) is 0 Å². The Labute approximate surface area is 104 Å². The maximum atomic E-state index is 11.0. The van der Waals surface area contributed by atoms with Gasteiger partial charge in [0.2, 0.25) is 0 Å². The second-order valence-electron chi connectivity index (χ2n) is 4.13. The number of aliphatic imine (C=N–C) groups is 1. The molecule has 2 aromatic rings. The highest BCUT2D eigenvalue weighted by atomic mass is 16.6. The Bertz CT molecular complexity index is 663.